The van der Waals surface area contributed by atoms with Gasteiger partial charge >= 0.3 is 12.0 Å². The first kappa shape index (κ1) is 20.5. The van der Waals surface area contributed by atoms with E-state index >= 15 is 0 Å². The third-order valence-corrected chi connectivity index (χ3v) is 4.10. The summed E-state index contributed by atoms with van der Waals surface area (Å²) in [6.45, 7) is 3.49. The van der Waals surface area contributed by atoms with Crippen LogP contribution in [0.2, 0.25) is 0 Å². The van der Waals surface area contributed by atoms with Crippen LogP contribution in [0.3, 0.4) is 0 Å². The molecule has 0 unspecified atom stereocenters. The molecule has 0 saturated heterocycles. The topological polar surface area (TPSA) is 103 Å². The average molecular weight is 378 g/mol. The van der Waals surface area contributed by atoms with E-state index in [0.29, 0.717) is 18.1 Å². The summed E-state index contributed by atoms with van der Waals surface area (Å²) in [5, 5.41) is 4.91. The molecule has 1 aliphatic carbocycles. The predicted octanol–water partition coefficient (Wildman–Crippen LogP) is 2.16. The fourth-order valence-electron chi connectivity index (χ4n) is 2.73. The van der Waals surface area contributed by atoms with Gasteiger partial charge in [-0.25, -0.2) is 9.59 Å². The Hall–Kier alpha value is -2.77. The maximum atomic E-state index is 11.9. The molecular weight excluding hydrogens is 352 g/mol. The van der Waals surface area contributed by atoms with Gasteiger partial charge in [0.15, 0.2) is 12.7 Å². The number of urea groups is 1. The molecule has 1 aromatic carbocycles. The number of hydrogen-bond donors (Lipinski definition) is 2. The van der Waals surface area contributed by atoms with Gasteiger partial charge in [-0.3, -0.25) is 10.1 Å². The van der Waals surface area contributed by atoms with E-state index in [9.17, 15) is 14.4 Å². The molecular formula is C19H26N2O6. The lowest BCUT2D eigenvalue weighted by molar-refractivity contribution is -0.156. The largest absolute Gasteiger partial charge is 0.494 e. The quantitative estimate of drug-likeness (QED) is 0.672. The van der Waals surface area contributed by atoms with E-state index in [0.717, 1.165) is 25.7 Å². The maximum absolute atomic E-state index is 11.9. The number of nitrogens with one attached hydrogen (secondary N) is 2. The Balaban J connectivity index is 1.68. The molecule has 2 N–H and O–H groups in total. The number of hydrogen-bond acceptors (Lipinski definition) is 6. The average Bonchev–Trinajstić information content (AvgIpc) is 3.14. The molecule has 1 aliphatic rings. The lowest BCUT2D eigenvalue weighted by atomic mass is 10.2. The van der Waals surface area contributed by atoms with Crippen molar-refractivity contribution in [1.82, 2.24) is 10.6 Å². The number of esters is 1. The van der Waals surface area contributed by atoms with E-state index in [2.05, 4.69) is 10.6 Å². The highest BCUT2D eigenvalue weighted by molar-refractivity contribution is 5.97. The third-order valence-electron chi connectivity index (χ3n) is 4.10. The summed E-state index contributed by atoms with van der Waals surface area (Å²) in [4.78, 5) is 35.5. The van der Waals surface area contributed by atoms with Gasteiger partial charge in [0.05, 0.1) is 6.61 Å². The van der Waals surface area contributed by atoms with Crippen LogP contribution in [0.15, 0.2) is 24.3 Å². The van der Waals surface area contributed by atoms with Crippen molar-refractivity contribution >= 4 is 17.9 Å². The highest BCUT2D eigenvalue weighted by atomic mass is 16.6. The lowest BCUT2D eigenvalue weighted by Gasteiger charge is -2.15. The molecule has 8 nitrogen and oxygen atoms in total. The van der Waals surface area contributed by atoms with Gasteiger partial charge in [-0.05, 0) is 51.0 Å². The van der Waals surface area contributed by atoms with Crippen LogP contribution in [-0.2, 0) is 14.3 Å². The zero-order valence-corrected chi connectivity index (χ0v) is 15.7. The third kappa shape index (κ3) is 7.16. The van der Waals surface area contributed by atoms with Gasteiger partial charge < -0.3 is 19.5 Å². The number of carbonyl (C=O) groups excluding carboxylic acids is 3. The minimum atomic E-state index is -1.10. The first-order valence-electron chi connectivity index (χ1n) is 9.14. The molecule has 1 saturated carbocycles. The highest BCUT2D eigenvalue weighted by Crippen LogP contribution is 2.18. The van der Waals surface area contributed by atoms with Crippen LogP contribution in [0.25, 0.3) is 0 Å². The predicted molar refractivity (Wildman–Crippen MR) is 97.6 cm³/mol. The Bertz CT molecular complexity index is 640. The van der Waals surface area contributed by atoms with Crippen LogP contribution >= 0.6 is 0 Å². The monoisotopic (exact) mass is 378 g/mol. The second-order valence-electron chi connectivity index (χ2n) is 6.27. The van der Waals surface area contributed by atoms with Crippen molar-refractivity contribution in [2.75, 3.05) is 13.2 Å². The molecule has 1 fully saturated rings. The Labute approximate surface area is 158 Å². The van der Waals surface area contributed by atoms with Crippen molar-refractivity contribution in [3.63, 3.8) is 0 Å². The van der Waals surface area contributed by atoms with Gasteiger partial charge in [0, 0.05) is 6.04 Å². The Morgan fingerprint density at radius 1 is 1.07 bits per heavy atom. The summed E-state index contributed by atoms with van der Waals surface area (Å²) in [5.74, 6) is -0.209. The van der Waals surface area contributed by atoms with Crippen LogP contribution < -0.4 is 20.1 Å². The minimum Gasteiger partial charge on any atom is -0.494 e. The van der Waals surface area contributed by atoms with Gasteiger partial charge in [-0.1, -0.05) is 12.8 Å². The van der Waals surface area contributed by atoms with E-state index in [-0.39, 0.29) is 12.6 Å². The molecule has 0 spiro atoms. The summed E-state index contributed by atoms with van der Waals surface area (Å²) in [6, 6.07) is 6.31. The van der Waals surface area contributed by atoms with Crippen LogP contribution in [0.1, 0.15) is 39.5 Å². The first-order valence-corrected chi connectivity index (χ1v) is 9.14. The van der Waals surface area contributed by atoms with Crippen molar-refractivity contribution in [1.29, 1.82) is 0 Å². The van der Waals surface area contributed by atoms with Crippen molar-refractivity contribution in [3.05, 3.63) is 24.3 Å². The second-order valence-corrected chi connectivity index (χ2v) is 6.27. The lowest BCUT2D eigenvalue weighted by Crippen LogP contribution is -2.47. The van der Waals surface area contributed by atoms with Gasteiger partial charge in [0.2, 0.25) is 0 Å². The van der Waals surface area contributed by atoms with Crippen LogP contribution in [0.4, 0.5) is 4.79 Å². The molecule has 0 bridgehead atoms. The molecule has 3 amide bonds. The summed E-state index contributed by atoms with van der Waals surface area (Å²) < 4.78 is 15.6. The van der Waals surface area contributed by atoms with Gasteiger partial charge in [0.25, 0.3) is 5.91 Å². The van der Waals surface area contributed by atoms with Crippen molar-refractivity contribution in [3.8, 4) is 11.5 Å². The van der Waals surface area contributed by atoms with E-state index in [4.69, 9.17) is 14.2 Å². The molecule has 8 heteroatoms. The van der Waals surface area contributed by atoms with E-state index in [1.165, 1.54) is 6.92 Å². The number of amides is 3. The minimum absolute atomic E-state index is 0.0955. The molecule has 0 radical (unpaired) electrons. The SMILES string of the molecule is CCOc1ccc(OCC(=O)O[C@H](C)C(=O)NC(=O)NC2CCCC2)cc1. The van der Waals surface area contributed by atoms with Gasteiger partial charge in [-0.15, -0.1) is 0 Å². The van der Waals surface area contributed by atoms with Crippen molar-refractivity contribution in [2.24, 2.45) is 0 Å². The van der Waals surface area contributed by atoms with Crippen molar-refractivity contribution < 1.29 is 28.6 Å². The Kier molecular flexibility index (Phi) is 7.91. The summed E-state index contributed by atoms with van der Waals surface area (Å²) in [6.07, 6.45) is 2.86. The van der Waals surface area contributed by atoms with Crippen LogP contribution in [0, 0.1) is 0 Å². The number of benzene rings is 1. The molecule has 1 aromatic rings. The molecule has 0 aliphatic heterocycles. The highest BCUT2D eigenvalue weighted by Gasteiger charge is 2.22. The van der Waals surface area contributed by atoms with E-state index < -0.39 is 24.0 Å². The Morgan fingerprint density at radius 2 is 1.67 bits per heavy atom. The molecule has 148 valence electrons. The summed E-state index contributed by atoms with van der Waals surface area (Å²) in [7, 11) is 0. The van der Waals surface area contributed by atoms with Gasteiger partial charge in [0.1, 0.15) is 11.5 Å². The Morgan fingerprint density at radius 3 is 2.26 bits per heavy atom. The smallest absolute Gasteiger partial charge is 0.344 e. The molecule has 2 rings (SSSR count). The summed E-state index contributed by atoms with van der Waals surface area (Å²) >= 11 is 0. The summed E-state index contributed by atoms with van der Waals surface area (Å²) in [5.41, 5.74) is 0. The molecule has 0 heterocycles. The number of ether oxygens (including phenoxy) is 3. The van der Waals surface area contributed by atoms with Crippen LogP contribution in [-0.4, -0.2) is 43.3 Å². The van der Waals surface area contributed by atoms with Gasteiger partial charge in [-0.2, -0.15) is 0 Å². The number of imide groups is 1. The first-order chi connectivity index (χ1) is 13.0. The fraction of sp³-hybridized carbons (Fsp3) is 0.526. The standard InChI is InChI=1S/C19H26N2O6/c1-3-25-15-8-10-16(11-9-15)26-12-17(22)27-13(2)18(23)21-19(24)20-14-6-4-5-7-14/h8-11,13-14H,3-7,12H2,1-2H3,(H2,20,21,23,24)/t13-/m1/s1. The number of carbonyl (C=O) groups is 3. The molecule has 27 heavy (non-hydrogen) atoms. The normalized spacial score (nSPS) is 14.9. The van der Waals surface area contributed by atoms with Crippen molar-refractivity contribution in [2.45, 2.75) is 51.7 Å². The zero-order chi connectivity index (χ0) is 19.6. The van der Waals surface area contributed by atoms with E-state index in [1.54, 1.807) is 24.3 Å². The molecule has 0 aromatic heterocycles. The van der Waals surface area contributed by atoms with E-state index in [1.807, 2.05) is 6.92 Å². The number of rotatable bonds is 8. The zero-order valence-electron chi connectivity index (χ0n) is 15.7. The molecule has 1 atom stereocenters. The second kappa shape index (κ2) is 10.4. The van der Waals surface area contributed by atoms with Crippen LogP contribution in [0.5, 0.6) is 11.5 Å². The maximum Gasteiger partial charge on any atom is 0.344 e. The fourth-order valence-corrected chi connectivity index (χ4v) is 2.73.